The predicted octanol–water partition coefficient (Wildman–Crippen LogP) is 3.13. The van der Waals surface area contributed by atoms with Gasteiger partial charge in [-0.1, -0.05) is 30.3 Å². The Hall–Kier alpha value is -2.73. The highest BCUT2D eigenvalue weighted by Gasteiger charge is 2.30. The van der Waals surface area contributed by atoms with Crippen LogP contribution < -0.4 is 5.32 Å². The Labute approximate surface area is 153 Å². The molecule has 3 aromatic rings. The van der Waals surface area contributed by atoms with Gasteiger partial charge in [0, 0.05) is 38.7 Å². The van der Waals surface area contributed by atoms with Crippen molar-refractivity contribution in [1.29, 1.82) is 0 Å². The molecule has 6 nitrogen and oxygen atoms in total. The average Bonchev–Trinajstić information content (AvgIpc) is 3.09. The molecule has 26 heavy (non-hydrogen) atoms. The fraction of sp³-hybridized carbons (Fsp3) is 0.350. The second kappa shape index (κ2) is 7.66. The summed E-state index contributed by atoms with van der Waals surface area (Å²) in [5.74, 6) is 2.59. The van der Waals surface area contributed by atoms with Crippen LogP contribution in [-0.4, -0.2) is 32.2 Å². The van der Waals surface area contributed by atoms with Crippen molar-refractivity contribution in [3.63, 3.8) is 0 Å². The number of anilines is 1. The number of ether oxygens (including phenoxy) is 1. The summed E-state index contributed by atoms with van der Waals surface area (Å²) < 4.78 is 8.04. The van der Waals surface area contributed by atoms with Gasteiger partial charge in [-0.25, -0.2) is 15.0 Å². The standard InChI is InChI=1S/C20H23N5O/c1-25-12-11-22-20(25)19-16(8-5-13-26-19)23-17-9-10-21-18(24-17)14-15-6-3-2-4-7-15/h2-4,6-7,9-12,16,19H,5,8,13-14H2,1H3,(H,21,23,24)/t16-,19-/m1/s1. The molecule has 3 heterocycles. The number of nitrogens with one attached hydrogen (secondary N) is 1. The molecule has 0 aliphatic carbocycles. The van der Waals surface area contributed by atoms with Crippen molar-refractivity contribution in [2.24, 2.45) is 7.05 Å². The third-order valence-corrected chi connectivity index (χ3v) is 4.68. The van der Waals surface area contributed by atoms with Crippen molar-refractivity contribution >= 4 is 5.82 Å². The molecule has 134 valence electrons. The van der Waals surface area contributed by atoms with E-state index in [1.165, 1.54) is 5.56 Å². The Morgan fingerprint density at radius 1 is 1.15 bits per heavy atom. The Morgan fingerprint density at radius 3 is 2.85 bits per heavy atom. The lowest BCUT2D eigenvalue weighted by molar-refractivity contribution is -0.00136. The van der Waals surface area contributed by atoms with E-state index in [1.807, 2.05) is 54.5 Å². The molecule has 1 aliphatic heterocycles. The molecule has 0 amide bonds. The third kappa shape index (κ3) is 3.75. The molecule has 2 aromatic heterocycles. The van der Waals surface area contributed by atoms with Gasteiger partial charge in [-0.3, -0.25) is 0 Å². The van der Waals surface area contributed by atoms with Crippen LogP contribution in [0.25, 0.3) is 0 Å². The first-order valence-electron chi connectivity index (χ1n) is 9.01. The summed E-state index contributed by atoms with van der Waals surface area (Å²) >= 11 is 0. The smallest absolute Gasteiger partial charge is 0.139 e. The van der Waals surface area contributed by atoms with Crippen molar-refractivity contribution in [1.82, 2.24) is 19.5 Å². The van der Waals surface area contributed by atoms with Gasteiger partial charge in [-0.2, -0.15) is 0 Å². The molecule has 1 aromatic carbocycles. The number of hydrogen-bond donors (Lipinski definition) is 1. The second-order valence-corrected chi connectivity index (χ2v) is 6.60. The Balaban J connectivity index is 1.50. The summed E-state index contributed by atoms with van der Waals surface area (Å²) in [6, 6.07) is 12.3. The first kappa shape index (κ1) is 16.7. The molecule has 2 atom stereocenters. The number of nitrogens with zero attached hydrogens (tertiary/aromatic N) is 4. The number of imidazole rings is 1. The SMILES string of the molecule is Cn1ccnc1[C@@H]1OCCC[C@H]1Nc1ccnc(Cc2ccccc2)n1. The van der Waals surface area contributed by atoms with E-state index in [4.69, 9.17) is 9.72 Å². The van der Waals surface area contributed by atoms with Gasteiger partial charge in [-0.15, -0.1) is 0 Å². The van der Waals surface area contributed by atoms with Crippen LogP contribution in [0.15, 0.2) is 55.0 Å². The molecular weight excluding hydrogens is 326 g/mol. The van der Waals surface area contributed by atoms with Crippen molar-refractivity contribution in [3.05, 3.63) is 72.2 Å². The molecule has 1 fully saturated rings. The van der Waals surface area contributed by atoms with Crippen LogP contribution in [0.4, 0.5) is 5.82 Å². The Bertz CT molecular complexity index is 848. The summed E-state index contributed by atoms with van der Waals surface area (Å²) in [5.41, 5.74) is 1.21. The first-order chi connectivity index (χ1) is 12.8. The number of aryl methyl sites for hydroxylation is 1. The van der Waals surface area contributed by atoms with Gasteiger partial charge in [0.05, 0.1) is 6.04 Å². The van der Waals surface area contributed by atoms with Crippen LogP contribution in [0.2, 0.25) is 0 Å². The quantitative estimate of drug-likeness (QED) is 0.767. The van der Waals surface area contributed by atoms with Crippen LogP contribution in [0, 0.1) is 0 Å². The van der Waals surface area contributed by atoms with Crippen LogP contribution in [0.1, 0.15) is 36.2 Å². The molecular formula is C20H23N5O. The van der Waals surface area contributed by atoms with E-state index in [0.29, 0.717) is 0 Å². The Morgan fingerprint density at radius 2 is 2.04 bits per heavy atom. The highest BCUT2D eigenvalue weighted by molar-refractivity contribution is 5.36. The zero-order chi connectivity index (χ0) is 17.8. The summed E-state index contributed by atoms with van der Waals surface area (Å²) in [6.07, 6.45) is 8.28. The zero-order valence-corrected chi connectivity index (χ0v) is 14.9. The molecule has 0 bridgehead atoms. The van der Waals surface area contributed by atoms with E-state index in [9.17, 15) is 0 Å². The summed E-state index contributed by atoms with van der Waals surface area (Å²) in [6.45, 7) is 0.763. The van der Waals surface area contributed by atoms with Crippen molar-refractivity contribution in [2.75, 3.05) is 11.9 Å². The van der Waals surface area contributed by atoms with Gasteiger partial charge in [0.25, 0.3) is 0 Å². The fourth-order valence-corrected chi connectivity index (χ4v) is 3.37. The van der Waals surface area contributed by atoms with E-state index in [1.54, 1.807) is 0 Å². The lowest BCUT2D eigenvalue weighted by Crippen LogP contribution is -2.35. The second-order valence-electron chi connectivity index (χ2n) is 6.60. The number of rotatable bonds is 5. The summed E-state index contributed by atoms with van der Waals surface area (Å²) in [7, 11) is 2.00. The summed E-state index contributed by atoms with van der Waals surface area (Å²) in [5, 5.41) is 3.54. The van der Waals surface area contributed by atoms with E-state index in [-0.39, 0.29) is 12.1 Å². The van der Waals surface area contributed by atoms with Gasteiger partial charge in [0.1, 0.15) is 23.6 Å². The lowest BCUT2D eigenvalue weighted by Gasteiger charge is -2.32. The molecule has 6 heteroatoms. The lowest BCUT2D eigenvalue weighted by atomic mass is 10.0. The van der Waals surface area contributed by atoms with Gasteiger partial charge >= 0.3 is 0 Å². The van der Waals surface area contributed by atoms with Gasteiger partial charge in [0.15, 0.2) is 0 Å². The Kier molecular flexibility index (Phi) is 4.93. The maximum Gasteiger partial charge on any atom is 0.139 e. The topological polar surface area (TPSA) is 64.9 Å². The molecule has 0 saturated carbocycles. The number of hydrogen-bond acceptors (Lipinski definition) is 5. The van der Waals surface area contributed by atoms with Crippen LogP contribution in [0.3, 0.4) is 0 Å². The molecule has 0 spiro atoms. The highest BCUT2D eigenvalue weighted by Crippen LogP contribution is 2.29. The van der Waals surface area contributed by atoms with E-state index in [2.05, 4.69) is 27.4 Å². The molecule has 1 saturated heterocycles. The first-order valence-corrected chi connectivity index (χ1v) is 9.01. The predicted molar refractivity (Wildman–Crippen MR) is 99.8 cm³/mol. The minimum atomic E-state index is -0.0729. The van der Waals surface area contributed by atoms with Crippen LogP contribution in [0.5, 0.6) is 0 Å². The number of aromatic nitrogens is 4. The van der Waals surface area contributed by atoms with E-state index < -0.39 is 0 Å². The molecule has 1 N–H and O–H groups in total. The van der Waals surface area contributed by atoms with Crippen molar-refractivity contribution < 1.29 is 4.74 Å². The van der Waals surface area contributed by atoms with E-state index >= 15 is 0 Å². The number of benzene rings is 1. The fourth-order valence-electron chi connectivity index (χ4n) is 3.37. The van der Waals surface area contributed by atoms with Crippen molar-refractivity contribution in [2.45, 2.75) is 31.4 Å². The van der Waals surface area contributed by atoms with Gasteiger partial charge in [0.2, 0.25) is 0 Å². The summed E-state index contributed by atoms with van der Waals surface area (Å²) in [4.78, 5) is 13.6. The largest absolute Gasteiger partial charge is 0.368 e. The maximum absolute atomic E-state index is 6.02. The van der Waals surface area contributed by atoms with Crippen LogP contribution in [-0.2, 0) is 18.2 Å². The minimum Gasteiger partial charge on any atom is -0.368 e. The van der Waals surface area contributed by atoms with Gasteiger partial charge < -0.3 is 14.6 Å². The normalized spacial score (nSPS) is 20.0. The average molecular weight is 349 g/mol. The highest BCUT2D eigenvalue weighted by atomic mass is 16.5. The molecule has 4 rings (SSSR count). The van der Waals surface area contributed by atoms with E-state index in [0.717, 1.165) is 43.3 Å². The van der Waals surface area contributed by atoms with Gasteiger partial charge in [-0.05, 0) is 24.5 Å². The molecule has 0 unspecified atom stereocenters. The zero-order valence-electron chi connectivity index (χ0n) is 14.9. The molecule has 1 aliphatic rings. The van der Waals surface area contributed by atoms with Crippen LogP contribution >= 0.6 is 0 Å². The third-order valence-electron chi connectivity index (χ3n) is 4.68. The maximum atomic E-state index is 6.02. The molecule has 0 radical (unpaired) electrons. The minimum absolute atomic E-state index is 0.0729. The van der Waals surface area contributed by atoms with Crippen molar-refractivity contribution in [3.8, 4) is 0 Å². The monoisotopic (exact) mass is 349 g/mol.